The molecule has 0 saturated carbocycles. The van der Waals surface area contributed by atoms with Gasteiger partial charge in [0.1, 0.15) is 10.2 Å². The molecular weight excluding hydrogens is 383 g/mol. The van der Waals surface area contributed by atoms with Gasteiger partial charge in [-0.05, 0) is 25.0 Å². The van der Waals surface area contributed by atoms with Crippen molar-refractivity contribution in [1.29, 1.82) is 0 Å². The Morgan fingerprint density at radius 1 is 1.32 bits per heavy atom. The van der Waals surface area contributed by atoms with E-state index in [1.165, 1.54) is 18.0 Å². The molecule has 0 aliphatic carbocycles. The fraction of sp³-hybridized carbons (Fsp3) is 0.312. The summed E-state index contributed by atoms with van der Waals surface area (Å²) in [5.74, 6) is 0. The van der Waals surface area contributed by atoms with Crippen LogP contribution in [-0.2, 0) is 0 Å². The molecule has 6 nitrogen and oxygen atoms in total. The van der Waals surface area contributed by atoms with Crippen LogP contribution in [0.3, 0.4) is 0 Å². The summed E-state index contributed by atoms with van der Waals surface area (Å²) in [6.45, 7) is 0.952. The van der Waals surface area contributed by atoms with E-state index >= 15 is 0 Å². The van der Waals surface area contributed by atoms with Crippen molar-refractivity contribution in [2.45, 2.75) is 28.9 Å². The summed E-state index contributed by atoms with van der Waals surface area (Å²) >= 11 is 13.5. The van der Waals surface area contributed by atoms with Gasteiger partial charge in [-0.1, -0.05) is 41.0 Å². The van der Waals surface area contributed by atoms with Crippen LogP contribution >= 0.6 is 35.0 Å². The van der Waals surface area contributed by atoms with Gasteiger partial charge in [-0.15, -0.1) is 0 Å². The summed E-state index contributed by atoms with van der Waals surface area (Å²) < 4.78 is 0. The summed E-state index contributed by atoms with van der Waals surface area (Å²) in [6, 6.07) is 5.11. The Labute approximate surface area is 159 Å². The van der Waals surface area contributed by atoms with Gasteiger partial charge in [0.15, 0.2) is 0 Å². The van der Waals surface area contributed by atoms with Crippen molar-refractivity contribution < 1.29 is 9.90 Å². The summed E-state index contributed by atoms with van der Waals surface area (Å²) in [4.78, 5) is 22.9. The molecule has 1 aliphatic heterocycles. The summed E-state index contributed by atoms with van der Waals surface area (Å²) in [5, 5.41) is 13.9. The van der Waals surface area contributed by atoms with Crippen molar-refractivity contribution in [2.24, 2.45) is 0 Å². The monoisotopic (exact) mass is 398 g/mol. The summed E-state index contributed by atoms with van der Waals surface area (Å²) in [6.07, 6.45) is 4.06. The van der Waals surface area contributed by atoms with E-state index in [2.05, 4.69) is 15.3 Å². The number of urea groups is 1. The zero-order valence-corrected chi connectivity index (χ0v) is 15.5. The molecule has 1 fully saturated rings. The van der Waals surface area contributed by atoms with E-state index < -0.39 is 6.10 Å². The second-order valence-electron chi connectivity index (χ2n) is 5.57. The lowest BCUT2D eigenvalue weighted by molar-refractivity contribution is 0.0883. The number of aliphatic hydroxyl groups excluding tert-OH is 1. The number of anilines is 1. The summed E-state index contributed by atoms with van der Waals surface area (Å²) in [7, 11) is 0. The Morgan fingerprint density at radius 3 is 2.88 bits per heavy atom. The topological polar surface area (TPSA) is 78.4 Å². The van der Waals surface area contributed by atoms with Crippen LogP contribution in [0.1, 0.15) is 12.8 Å². The second-order valence-corrected chi connectivity index (χ2v) is 7.40. The van der Waals surface area contributed by atoms with Gasteiger partial charge in [-0.2, -0.15) is 0 Å². The average molecular weight is 399 g/mol. The highest BCUT2D eigenvalue weighted by Crippen LogP contribution is 2.36. The number of hydrogen-bond acceptors (Lipinski definition) is 5. The maximum atomic E-state index is 12.4. The van der Waals surface area contributed by atoms with Crippen LogP contribution in [0.5, 0.6) is 0 Å². The Kier molecular flexibility index (Phi) is 6.01. The number of amides is 2. The largest absolute Gasteiger partial charge is 0.391 e. The molecule has 2 aromatic rings. The van der Waals surface area contributed by atoms with Crippen molar-refractivity contribution in [3.63, 3.8) is 0 Å². The lowest BCUT2D eigenvalue weighted by Gasteiger charge is -2.30. The number of benzene rings is 1. The highest BCUT2D eigenvalue weighted by Gasteiger charge is 2.22. The average Bonchev–Trinajstić information content (AvgIpc) is 2.60. The Hall–Kier alpha value is -1.54. The van der Waals surface area contributed by atoms with E-state index in [1.807, 2.05) is 6.07 Å². The first-order valence-corrected chi connectivity index (χ1v) is 9.28. The molecule has 1 unspecified atom stereocenters. The van der Waals surface area contributed by atoms with Crippen molar-refractivity contribution in [3.05, 3.63) is 40.8 Å². The van der Waals surface area contributed by atoms with Crippen LogP contribution in [0.2, 0.25) is 10.2 Å². The van der Waals surface area contributed by atoms with E-state index in [1.54, 1.807) is 23.2 Å². The number of hydrogen-bond donors (Lipinski definition) is 2. The first-order valence-electron chi connectivity index (χ1n) is 7.71. The van der Waals surface area contributed by atoms with Gasteiger partial charge >= 0.3 is 6.03 Å². The second kappa shape index (κ2) is 8.23. The number of aromatic nitrogens is 2. The third-order valence-electron chi connectivity index (χ3n) is 3.70. The van der Waals surface area contributed by atoms with Gasteiger partial charge in [0.2, 0.25) is 0 Å². The molecule has 1 aliphatic rings. The molecule has 3 rings (SSSR count). The number of halogens is 2. The third kappa shape index (κ3) is 4.76. The van der Waals surface area contributed by atoms with Crippen LogP contribution in [0.15, 0.2) is 40.5 Å². The molecule has 2 heterocycles. The van der Waals surface area contributed by atoms with Gasteiger partial charge < -0.3 is 15.3 Å². The fourth-order valence-corrected chi connectivity index (χ4v) is 3.65. The van der Waals surface area contributed by atoms with Crippen LogP contribution < -0.4 is 5.32 Å². The molecule has 1 aromatic carbocycles. The number of carbonyl (C=O) groups is 1. The van der Waals surface area contributed by atoms with Gasteiger partial charge in [-0.3, -0.25) is 0 Å². The molecule has 1 aromatic heterocycles. The van der Waals surface area contributed by atoms with E-state index in [0.717, 1.165) is 17.7 Å². The predicted molar refractivity (Wildman–Crippen MR) is 98.4 cm³/mol. The number of nitrogens with zero attached hydrogens (tertiary/aromatic N) is 3. The fourth-order valence-electron chi connectivity index (χ4n) is 2.49. The molecule has 0 spiro atoms. The maximum Gasteiger partial charge on any atom is 0.321 e. The smallest absolute Gasteiger partial charge is 0.321 e. The van der Waals surface area contributed by atoms with Gasteiger partial charge in [-0.25, -0.2) is 14.8 Å². The van der Waals surface area contributed by atoms with E-state index in [0.29, 0.717) is 34.0 Å². The third-order valence-corrected chi connectivity index (χ3v) is 5.39. The molecule has 9 heteroatoms. The molecule has 2 N–H and O–H groups in total. The zero-order chi connectivity index (χ0) is 17.8. The van der Waals surface area contributed by atoms with Gasteiger partial charge in [0.25, 0.3) is 0 Å². The van der Waals surface area contributed by atoms with Gasteiger partial charge in [0, 0.05) is 18.0 Å². The molecule has 1 atom stereocenters. The minimum atomic E-state index is -0.472. The van der Waals surface area contributed by atoms with Crippen LogP contribution in [-0.4, -0.2) is 45.2 Å². The quantitative estimate of drug-likeness (QED) is 0.818. The molecule has 1 saturated heterocycles. The van der Waals surface area contributed by atoms with E-state index in [9.17, 15) is 9.90 Å². The minimum absolute atomic E-state index is 0.269. The Balaban J connectivity index is 1.72. The number of β-amino-alcohol motifs (C(OH)–C–C–N with tert-alkyl or cyclic N) is 1. The first kappa shape index (κ1) is 18.3. The molecule has 0 bridgehead atoms. The Bertz CT molecular complexity index is 760. The molecule has 0 radical (unpaired) electrons. The van der Waals surface area contributed by atoms with E-state index in [-0.39, 0.29) is 6.03 Å². The zero-order valence-electron chi connectivity index (χ0n) is 13.2. The molecule has 2 amide bonds. The van der Waals surface area contributed by atoms with Crippen molar-refractivity contribution in [3.8, 4) is 0 Å². The van der Waals surface area contributed by atoms with Crippen molar-refractivity contribution >= 4 is 46.7 Å². The number of nitrogens with one attached hydrogen (secondary N) is 1. The van der Waals surface area contributed by atoms with E-state index in [4.69, 9.17) is 23.2 Å². The number of piperidine rings is 1. The summed E-state index contributed by atoms with van der Waals surface area (Å²) in [5.41, 5.74) is 0.513. The van der Waals surface area contributed by atoms with Crippen LogP contribution in [0.4, 0.5) is 10.5 Å². The number of aliphatic hydroxyl groups is 1. The SMILES string of the molecule is O=C(Nc1cccc(Sc2cnc(Cl)cn2)c1Cl)N1CCCC(O)C1. The standard InChI is InChI=1S/C16H16Cl2N4O2S/c17-13-7-20-14(8-19-13)25-12-5-1-4-11(15(12)18)21-16(24)22-6-2-3-10(23)9-22/h1,4-5,7-8,10,23H,2-3,6,9H2,(H,21,24). The molecule has 25 heavy (non-hydrogen) atoms. The first-order chi connectivity index (χ1) is 12.0. The maximum absolute atomic E-state index is 12.4. The highest BCUT2D eigenvalue weighted by molar-refractivity contribution is 7.99. The number of likely N-dealkylation sites (tertiary alicyclic amines) is 1. The molecule has 132 valence electrons. The highest BCUT2D eigenvalue weighted by atomic mass is 35.5. The van der Waals surface area contributed by atoms with Crippen molar-refractivity contribution in [2.75, 3.05) is 18.4 Å². The lowest BCUT2D eigenvalue weighted by Crippen LogP contribution is -2.44. The van der Waals surface area contributed by atoms with Crippen LogP contribution in [0.25, 0.3) is 0 Å². The minimum Gasteiger partial charge on any atom is -0.391 e. The normalized spacial score (nSPS) is 17.4. The Morgan fingerprint density at radius 2 is 2.16 bits per heavy atom. The lowest BCUT2D eigenvalue weighted by atomic mass is 10.1. The van der Waals surface area contributed by atoms with Crippen molar-refractivity contribution in [1.82, 2.24) is 14.9 Å². The van der Waals surface area contributed by atoms with Crippen LogP contribution in [0, 0.1) is 0 Å². The van der Waals surface area contributed by atoms with Gasteiger partial charge in [0.05, 0.1) is 29.2 Å². The number of rotatable bonds is 3. The molecular formula is C16H16Cl2N4O2S. The number of carbonyl (C=O) groups excluding carboxylic acids is 1. The predicted octanol–water partition coefficient (Wildman–Crippen LogP) is 3.92.